The third-order valence-electron chi connectivity index (χ3n) is 14.5. The summed E-state index contributed by atoms with van der Waals surface area (Å²) in [6.45, 7) is 0. The zero-order valence-electron chi connectivity index (χ0n) is 42.5. The van der Waals surface area contributed by atoms with Crippen molar-refractivity contribution in [2.24, 2.45) is 0 Å². The van der Waals surface area contributed by atoms with E-state index in [1.165, 1.54) is 5.70 Å². The molecule has 0 N–H and O–H groups in total. The van der Waals surface area contributed by atoms with Crippen LogP contribution in [0.4, 0.5) is 62.6 Å². The molecule has 0 radical (unpaired) electrons. The number of benzene rings is 11. The fraction of sp³-hybridized carbons (Fsp3) is 0.0278. The lowest BCUT2D eigenvalue weighted by molar-refractivity contribution is 0.542. The average molecular weight is 991 g/mol. The molecule has 0 saturated carbocycles. The Balaban J connectivity index is 0.836. The van der Waals surface area contributed by atoms with E-state index in [1.807, 2.05) is 0 Å². The number of hydrogen-bond acceptors (Lipinski definition) is 5. The molecule has 1 heterocycles. The quantitative estimate of drug-likeness (QED) is 0.108. The number of aryl methyl sites for hydroxylation is 1. The largest absolute Gasteiger partial charge is 0.460 e. The lowest BCUT2D eigenvalue weighted by Gasteiger charge is -2.30. The van der Waals surface area contributed by atoms with Gasteiger partial charge in [-0.15, -0.1) is 0 Å². The number of para-hydroxylation sites is 6. The van der Waals surface area contributed by atoms with Crippen LogP contribution in [0.1, 0.15) is 17.7 Å². The Kier molecular flexibility index (Phi) is 12.7. The molecule has 0 unspecified atom stereocenters. The van der Waals surface area contributed by atoms with Crippen LogP contribution in [-0.2, 0) is 6.42 Å². The number of allylic oxidation sites excluding steroid dienone is 1. The molecule has 0 fully saturated rings. The van der Waals surface area contributed by atoms with Gasteiger partial charge in [-0.3, -0.25) is 0 Å². The number of rotatable bonds is 14. The third-order valence-corrected chi connectivity index (χ3v) is 14.5. The molecule has 1 aliphatic rings. The van der Waals surface area contributed by atoms with Crippen LogP contribution in [0.25, 0.3) is 39.3 Å². The van der Waals surface area contributed by atoms with Gasteiger partial charge in [0.2, 0.25) is 0 Å². The molecule has 1 aromatic heterocycles. The van der Waals surface area contributed by atoms with Crippen LogP contribution in [0, 0.1) is 0 Å². The van der Waals surface area contributed by atoms with E-state index in [9.17, 15) is 0 Å². The zero-order valence-corrected chi connectivity index (χ0v) is 42.5. The Morgan fingerprint density at radius 2 is 0.571 bits per heavy atom. The summed E-state index contributed by atoms with van der Waals surface area (Å²) in [5.74, 6) is 1.01. The number of furan rings is 1. The highest BCUT2D eigenvalue weighted by molar-refractivity contribution is 5.95. The number of hydrogen-bond donors (Lipinski definition) is 0. The second-order valence-corrected chi connectivity index (χ2v) is 19.3. The maximum absolute atomic E-state index is 6.71. The van der Waals surface area contributed by atoms with Crippen LogP contribution in [0.3, 0.4) is 0 Å². The van der Waals surface area contributed by atoms with Crippen LogP contribution in [-0.4, -0.2) is 0 Å². The van der Waals surface area contributed by atoms with Gasteiger partial charge in [0.15, 0.2) is 0 Å². The minimum Gasteiger partial charge on any atom is -0.460 e. The van der Waals surface area contributed by atoms with Gasteiger partial charge in [-0.05, 0) is 174 Å². The van der Waals surface area contributed by atoms with E-state index in [-0.39, 0.29) is 0 Å². The fourth-order valence-electron chi connectivity index (χ4n) is 10.8. The molecule has 5 heteroatoms. The first kappa shape index (κ1) is 46.7. The first-order chi connectivity index (χ1) is 38.2. The summed E-state index contributed by atoms with van der Waals surface area (Å²) in [4.78, 5) is 9.37. The minimum atomic E-state index is 0.784. The van der Waals surface area contributed by atoms with Crippen LogP contribution < -0.4 is 19.6 Å². The number of fused-ring (bicyclic) bond motifs is 3. The molecule has 0 aliphatic heterocycles. The second kappa shape index (κ2) is 21.0. The molecule has 1 aliphatic carbocycles. The highest BCUT2D eigenvalue weighted by Crippen LogP contribution is 2.44. The van der Waals surface area contributed by atoms with Crippen molar-refractivity contribution in [3.05, 3.63) is 314 Å². The third kappa shape index (κ3) is 9.55. The Morgan fingerprint density at radius 3 is 0.987 bits per heavy atom. The Morgan fingerprint density at radius 1 is 0.247 bits per heavy atom. The molecule has 0 amide bonds. The normalized spacial score (nSPS) is 11.9. The van der Waals surface area contributed by atoms with Crippen LogP contribution in [0.5, 0.6) is 0 Å². The van der Waals surface area contributed by atoms with E-state index in [4.69, 9.17) is 4.42 Å². The summed E-state index contributed by atoms with van der Waals surface area (Å²) in [7, 11) is 0. The highest BCUT2D eigenvalue weighted by atomic mass is 16.3. The number of nitrogens with zero attached hydrogens (tertiary/aromatic N) is 4. The summed E-state index contributed by atoms with van der Waals surface area (Å²) in [6, 6.07) is 106. The number of anilines is 11. The van der Waals surface area contributed by atoms with E-state index in [1.54, 1.807) is 0 Å². The summed E-state index contributed by atoms with van der Waals surface area (Å²) in [5.41, 5.74) is 19.8. The van der Waals surface area contributed by atoms with Gasteiger partial charge in [-0.25, -0.2) is 0 Å². The Bertz CT molecular complexity index is 3880. The summed E-state index contributed by atoms with van der Waals surface area (Å²) < 4.78 is 6.71. The molecular formula is C72H54N4O. The fourth-order valence-corrected chi connectivity index (χ4v) is 10.8. The van der Waals surface area contributed by atoms with Crippen molar-refractivity contribution in [2.75, 3.05) is 19.6 Å². The van der Waals surface area contributed by atoms with Crippen molar-refractivity contribution in [1.29, 1.82) is 0 Å². The van der Waals surface area contributed by atoms with Crippen molar-refractivity contribution in [1.82, 2.24) is 0 Å². The van der Waals surface area contributed by atoms with Crippen LogP contribution in [0.2, 0.25) is 0 Å². The van der Waals surface area contributed by atoms with E-state index in [0.29, 0.717) is 0 Å². The van der Waals surface area contributed by atoms with Crippen molar-refractivity contribution >= 4 is 79.6 Å². The van der Waals surface area contributed by atoms with Gasteiger partial charge in [-0.2, -0.15) is 0 Å². The first-order valence-electron chi connectivity index (χ1n) is 26.4. The highest BCUT2D eigenvalue weighted by Gasteiger charge is 2.25. The van der Waals surface area contributed by atoms with Gasteiger partial charge < -0.3 is 24.0 Å². The van der Waals surface area contributed by atoms with Gasteiger partial charge in [0.1, 0.15) is 11.3 Å². The standard InChI is InChI=1S/C72H54N4O/c1-7-23-57(24-8-1)73(58-25-9-2-10-26-58)63-41-37-53(38-42-63)55-21-19-35-65(49-55)75(61-31-15-5-16-32-61)67-45-47-71-69(51-67)70-52-68(46-48-72(70)77-71)76(62-33-17-6-18-34-62)66-36-20-22-56(50-66)54-39-43-64(44-40-54)74(59-27-11-3-12-28-59)60-29-13-4-14-30-60/h1-45,47,49-52H,46,48H2. The van der Waals surface area contributed by atoms with Crippen molar-refractivity contribution < 1.29 is 4.42 Å². The van der Waals surface area contributed by atoms with Crippen molar-refractivity contribution in [2.45, 2.75) is 12.8 Å². The molecular weight excluding hydrogens is 937 g/mol. The summed E-state index contributed by atoms with van der Waals surface area (Å²) in [6.07, 6.45) is 3.97. The molecule has 0 saturated heterocycles. The predicted molar refractivity (Wildman–Crippen MR) is 322 cm³/mol. The molecule has 11 aromatic carbocycles. The van der Waals surface area contributed by atoms with Gasteiger partial charge in [-0.1, -0.05) is 158 Å². The molecule has 5 nitrogen and oxygen atoms in total. The van der Waals surface area contributed by atoms with E-state index in [2.05, 4.69) is 323 Å². The van der Waals surface area contributed by atoms with E-state index >= 15 is 0 Å². The van der Waals surface area contributed by atoms with E-state index in [0.717, 1.165) is 120 Å². The lowest BCUT2D eigenvalue weighted by Crippen LogP contribution is -2.18. The molecule has 368 valence electrons. The Labute approximate surface area is 450 Å². The lowest BCUT2D eigenvalue weighted by atomic mass is 9.97. The summed E-state index contributed by atoms with van der Waals surface area (Å²) >= 11 is 0. The molecule has 0 atom stereocenters. The molecule has 13 rings (SSSR count). The van der Waals surface area contributed by atoms with Crippen LogP contribution in [0.15, 0.2) is 307 Å². The maximum atomic E-state index is 6.71. The SMILES string of the molecule is C1=C(N(c2ccccc2)c2cccc(-c3ccc(N(c4ccccc4)c4ccccc4)cc3)c2)CCc2oc3ccc(N(c4ccccc4)c4cccc(-c5ccc(N(c6ccccc6)c6ccccc6)cc5)c4)cc3c21. The summed E-state index contributed by atoms with van der Waals surface area (Å²) in [5, 5.41) is 1.09. The van der Waals surface area contributed by atoms with Gasteiger partial charge in [0, 0.05) is 85.6 Å². The smallest absolute Gasteiger partial charge is 0.135 e. The predicted octanol–water partition coefficient (Wildman–Crippen LogP) is 20.3. The molecule has 77 heavy (non-hydrogen) atoms. The maximum Gasteiger partial charge on any atom is 0.135 e. The van der Waals surface area contributed by atoms with E-state index < -0.39 is 0 Å². The molecule has 0 bridgehead atoms. The zero-order chi connectivity index (χ0) is 51.3. The second-order valence-electron chi connectivity index (χ2n) is 19.3. The topological polar surface area (TPSA) is 26.1 Å². The molecule has 0 spiro atoms. The van der Waals surface area contributed by atoms with Crippen LogP contribution >= 0.6 is 0 Å². The van der Waals surface area contributed by atoms with Gasteiger partial charge in [0.05, 0.1) is 0 Å². The monoisotopic (exact) mass is 990 g/mol. The molecule has 12 aromatic rings. The minimum absolute atomic E-state index is 0.784. The van der Waals surface area contributed by atoms with Crippen molar-refractivity contribution in [3.63, 3.8) is 0 Å². The van der Waals surface area contributed by atoms with Gasteiger partial charge >= 0.3 is 0 Å². The van der Waals surface area contributed by atoms with Gasteiger partial charge in [0.25, 0.3) is 0 Å². The average Bonchev–Trinajstić information content (AvgIpc) is 3.90. The van der Waals surface area contributed by atoms with Crippen molar-refractivity contribution in [3.8, 4) is 22.3 Å². The first-order valence-corrected chi connectivity index (χ1v) is 26.4. The Hall–Kier alpha value is -10.1.